The van der Waals surface area contributed by atoms with Gasteiger partial charge in [-0.3, -0.25) is 10.1 Å². The van der Waals surface area contributed by atoms with Gasteiger partial charge < -0.3 is 20.4 Å². The van der Waals surface area contributed by atoms with E-state index in [-0.39, 0.29) is 11.3 Å². The van der Waals surface area contributed by atoms with E-state index >= 15 is 0 Å². The molecule has 9 heteroatoms. The number of carboxylic acid groups (broad SMARTS) is 2. The molecule has 2 rings (SSSR count). The van der Waals surface area contributed by atoms with Gasteiger partial charge in [0, 0.05) is 18.0 Å². The summed E-state index contributed by atoms with van der Waals surface area (Å²) in [6.45, 7) is 8.20. The van der Waals surface area contributed by atoms with E-state index in [9.17, 15) is 4.79 Å². The normalized spacial score (nSPS) is 15.6. The molecule has 1 aromatic carbocycles. The number of carbonyl (C=O) groups excluding carboxylic acids is 1. The van der Waals surface area contributed by atoms with Crippen molar-refractivity contribution in [3.8, 4) is 0 Å². The second-order valence-electron chi connectivity index (χ2n) is 5.07. The second kappa shape index (κ2) is 10.7. The number of amides is 1. The highest BCUT2D eigenvalue weighted by atomic mass is 32.2. The van der Waals surface area contributed by atoms with Crippen LogP contribution in [-0.4, -0.2) is 64.5 Å². The molecule has 0 fully saturated rings. The Kier molecular flexibility index (Phi) is 8.96. The Bertz CT molecular complexity index is 595. The molecule has 0 radical (unpaired) electrons. The molecule has 25 heavy (non-hydrogen) atoms. The summed E-state index contributed by atoms with van der Waals surface area (Å²) in [6, 6.07) is 7.91. The lowest BCUT2D eigenvalue weighted by Gasteiger charge is -2.26. The summed E-state index contributed by atoms with van der Waals surface area (Å²) in [5, 5.41) is 20.9. The molecule has 0 spiro atoms. The van der Waals surface area contributed by atoms with Crippen LogP contribution in [0.25, 0.3) is 0 Å². The number of thioether (sulfide) groups is 1. The van der Waals surface area contributed by atoms with Gasteiger partial charge in [0.25, 0.3) is 5.91 Å². The zero-order valence-corrected chi connectivity index (χ0v) is 15.0. The van der Waals surface area contributed by atoms with Gasteiger partial charge in [-0.05, 0) is 25.2 Å². The number of rotatable bonds is 6. The van der Waals surface area contributed by atoms with Gasteiger partial charge in [-0.1, -0.05) is 37.7 Å². The van der Waals surface area contributed by atoms with Crippen molar-refractivity contribution in [1.82, 2.24) is 10.2 Å². The molecule has 0 saturated heterocycles. The number of nitrogens with zero attached hydrogens (tertiary/aromatic N) is 1. The van der Waals surface area contributed by atoms with E-state index in [1.54, 1.807) is 11.8 Å². The van der Waals surface area contributed by atoms with Gasteiger partial charge in [0.05, 0.1) is 5.69 Å². The standard InChI is InChI=1S/C14H21N3OS.C2H2O4/c1-3-17(4-2)10-9-15-14-13(18)16-11-7-5-6-8-12(11)19-14;3-1(4)2(5)6/h5-8,14-15H,3-4,9-10H2,1-2H3,(H,16,18);(H,3,4)(H,5,6). The van der Waals surface area contributed by atoms with Gasteiger partial charge in [-0.15, -0.1) is 0 Å². The van der Waals surface area contributed by atoms with Gasteiger partial charge >= 0.3 is 11.9 Å². The van der Waals surface area contributed by atoms with E-state index < -0.39 is 11.9 Å². The molecule has 1 aliphatic heterocycles. The van der Waals surface area contributed by atoms with Crippen LogP contribution in [0.3, 0.4) is 0 Å². The fourth-order valence-corrected chi connectivity index (χ4v) is 3.10. The highest BCUT2D eigenvalue weighted by Crippen LogP contribution is 2.33. The summed E-state index contributed by atoms with van der Waals surface area (Å²) in [5.74, 6) is -3.60. The first-order chi connectivity index (χ1) is 11.9. The quantitative estimate of drug-likeness (QED) is 0.551. The van der Waals surface area contributed by atoms with E-state index in [2.05, 4.69) is 29.4 Å². The molecule has 0 aromatic heterocycles. The summed E-state index contributed by atoms with van der Waals surface area (Å²) >= 11 is 1.59. The average molecular weight is 369 g/mol. The largest absolute Gasteiger partial charge is 0.473 e. The van der Waals surface area contributed by atoms with Crippen LogP contribution in [0.15, 0.2) is 29.2 Å². The van der Waals surface area contributed by atoms with Crippen molar-refractivity contribution >= 4 is 35.3 Å². The maximum absolute atomic E-state index is 12.0. The summed E-state index contributed by atoms with van der Waals surface area (Å²) in [7, 11) is 0. The van der Waals surface area contributed by atoms with Crippen molar-refractivity contribution in [3.63, 3.8) is 0 Å². The van der Waals surface area contributed by atoms with Crippen LogP contribution in [0.5, 0.6) is 0 Å². The summed E-state index contributed by atoms with van der Waals surface area (Å²) in [6.07, 6.45) is 0. The van der Waals surface area contributed by atoms with Crippen LogP contribution in [-0.2, 0) is 14.4 Å². The zero-order chi connectivity index (χ0) is 18.8. The van der Waals surface area contributed by atoms with Crippen molar-refractivity contribution < 1.29 is 24.6 Å². The molecule has 0 saturated carbocycles. The van der Waals surface area contributed by atoms with Crippen molar-refractivity contribution in [3.05, 3.63) is 24.3 Å². The lowest BCUT2D eigenvalue weighted by molar-refractivity contribution is -0.159. The molecule has 1 aromatic rings. The number of carboxylic acids is 2. The third kappa shape index (κ3) is 7.12. The number of hydrogen-bond donors (Lipinski definition) is 4. The minimum atomic E-state index is -1.82. The van der Waals surface area contributed by atoms with E-state index in [1.165, 1.54) is 0 Å². The van der Waals surface area contributed by atoms with Crippen LogP contribution in [0, 0.1) is 0 Å². The monoisotopic (exact) mass is 369 g/mol. The Balaban J connectivity index is 0.000000450. The van der Waals surface area contributed by atoms with Gasteiger partial charge in [0.15, 0.2) is 0 Å². The Hall–Kier alpha value is -2.10. The van der Waals surface area contributed by atoms with Crippen LogP contribution >= 0.6 is 11.8 Å². The van der Waals surface area contributed by atoms with Gasteiger partial charge in [-0.25, -0.2) is 9.59 Å². The number of carbonyl (C=O) groups is 3. The maximum Gasteiger partial charge on any atom is 0.414 e. The van der Waals surface area contributed by atoms with E-state index in [0.29, 0.717) is 0 Å². The molecule has 1 aliphatic rings. The van der Waals surface area contributed by atoms with Crippen molar-refractivity contribution in [2.45, 2.75) is 24.1 Å². The van der Waals surface area contributed by atoms with Crippen LogP contribution in [0.4, 0.5) is 5.69 Å². The Labute approximate surface area is 150 Å². The average Bonchev–Trinajstić information content (AvgIpc) is 2.59. The number of aliphatic carboxylic acids is 2. The molecule has 4 N–H and O–H groups in total. The van der Waals surface area contributed by atoms with Gasteiger partial charge in [-0.2, -0.15) is 0 Å². The van der Waals surface area contributed by atoms with Crippen molar-refractivity contribution in [2.24, 2.45) is 0 Å². The summed E-state index contributed by atoms with van der Waals surface area (Å²) < 4.78 is 0. The molecule has 1 unspecified atom stereocenters. The topological polar surface area (TPSA) is 119 Å². The molecular formula is C16H23N3O5S. The third-order valence-electron chi connectivity index (χ3n) is 3.46. The fraction of sp³-hybridized carbons (Fsp3) is 0.438. The minimum absolute atomic E-state index is 0.0447. The maximum atomic E-state index is 12.0. The number of nitrogens with one attached hydrogen (secondary N) is 2. The molecule has 1 atom stereocenters. The van der Waals surface area contributed by atoms with Crippen LogP contribution in [0.1, 0.15) is 13.8 Å². The zero-order valence-electron chi connectivity index (χ0n) is 14.2. The second-order valence-corrected chi connectivity index (χ2v) is 6.22. The van der Waals surface area contributed by atoms with E-state index in [0.717, 1.165) is 36.8 Å². The number of anilines is 1. The van der Waals surface area contributed by atoms with Crippen LogP contribution < -0.4 is 10.6 Å². The highest BCUT2D eigenvalue weighted by molar-refractivity contribution is 8.00. The highest BCUT2D eigenvalue weighted by Gasteiger charge is 2.25. The Morgan fingerprint density at radius 1 is 1.20 bits per heavy atom. The molecule has 0 bridgehead atoms. The fourth-order valence-electron chi connectivity index (χ4n) is 2.08. The van der Waals surface area contributed by atoms with E-state index in [4.69, 9.17) is 19.8 Å². The molecule has 8 nitrogen and oxygen atoms in total. The lowest BCUT2D eigenvalue weighted by Crippen LogP contribution is -2.43. The van der Waals surface area contributed by atoms with Crippen LogP contribution in [0.2, 0.25) is 0 Å². The lowest BCUT2D eigenvalue weighted by atomic mass is 10.3. The molecular weight excluding hydrogens is 346 g/mol. The van der Waals surface area contributed by atoms with Gasteiger partial charge in [0.1, 0.15) is 5.37 Å². The first kappa shape index (κ1) is 20.9. The number of benzene rings is 1. The molecule has 1 heterocycles. The molecule has 138 valence electrons. The third-order valence-corrected chi connectivity index (χ3v) is 4.69. The summed E-state index contributed by atoms with van der Waals surface area (Å²) in [5.41, 5.74) is 0.916. The Morgan fingerprint density at radius 2 is 1.80 bits per heavy atom. The van der Waals surface area contributed by atoms with Gasteiger partial charge in [0.2, 0.25) is 0 Å². The van der Waals surface area contributed by atoms with E-state index in [1.807, 2.05) is 24.3 Å². The predicted octanol–water partition coefficient (Wildman–Crippen LogP) is 1.14. The van der Waals surface area contributed by atoms with Crippen molar-refractivity contribution in [2.75, 3.05) is 31.5 Å². The molecule has 0 aliphatic carbocycles. The van der Waals surface area contributed by atoms with Crippen molar-refractivity contribution in [1.29, 1.82) is 0 Å². The minimum Gasteiger partial charge on any atom is -0.473 e. The molecule has 1 amide bonds. The SMILES string of the molecule is CCN(CC)CCNC1Sc2ccccc2NC1=O.O=C(O)C(=O)O. The predicted molar refractivity (Wildman–Crippen MR) is 95.8 cm³/mol. The first-order valence-corrected chi connectivity index (χ1v) is 8.75. The number of para-hydroxylation sites is 1. The Morgan fingerprint density at radius 3 is 2.36 bits per heavy atom. The smallest absolute Gasteiger partial charge is 0.414 e. The number of hydrogen-bond acceptors (Lipinski definition) is 6. The summed E-state index contributed by atoms with van der Waals surface area (Å²) in [4.78, 5) is 33.6. The number of likely N-dealkylation sites (N-methyl/N-ethyl adjacent to an activating group) is 1. The number of fused-ring (bicyclic) bond motifs is 1. The first-order valence-electron chi connectivity index (χ1n) is 7.87.